The number of rotatable bonds is 2. The molecule has 0 radical (unpaired) electrons. The van der Waals surface area contributed by atoms with Crippen molar-refractivity contribution in [2.24, 2.45) is 5.41 Å². The van der Waals surface area contributed by atoms with E-state index in [1.54, 1.807) is 0 Å². The van der Waals surface area contributed by atoms with Gasteiger partial charge in [0.1, 0.15) is 0 Å². The van der Waals surface area contributed by atoms with E-state index in [2.05, 4.69) is 43.2 Å². The minimum absolute atomic E-state index is 0.0639. The van der Waals surface area contributed by atoms with Crippen LogP contribution in [0.2, 0.25) is 0 Å². The molecule has 4 nitrogen and oxygen atoms in total. The summed E-state index contributed by atoms with van der Waals surface area (Å²) in [7, 11) is 0. The fourth-order valence-corrected chi connectivity index (χ4v) is 2.24. The first kappa shape index (κ1) is 12.6. The molecule has 96 valence electrons. The van der Waals surface area contributed by atoms with Gasteiger partial charge in [0.05, 0.1) is 0 Å². The quantitative estimate of drug-likeness (QED) is 0.857. The Balaban J connectivity index is 2.12. The van der Waals surface area contributed by atoms with Crippen LogP contribution < -0.4 is 5.32 Å². The van der Waals surface area contributed by atoms with Crippen molar-refractivity contribution in [3.05, 3.63) is 11.7 Å². The van der Waals surface area contributed by atoms with Crippen LogP contribution in [0.1, 0.15) is 52.3 Å². The van der Waals surface area contributed by atoms with Gasteiger partial charge in [0.25, 0.3) is 0 Å². The Labute approximate surface area is 103 Å². The lowest BCUT2D eigenvalue weighted by molar-refractivity contribution is 0.240. The van der Waals surface area contributed by atoms with E-state index in [0.717, 1.165) is 44.1 Å². The van der Waals surface area contributed by atoms with E-state index in [1.807, 2.05) is 0 Å². The van der Waals surface area contributed by atoms with Gasteiger partial charge in [-0.3, -0.25) is 0 Å². The first-order chi connectivity index (χ1) is 7.89. The number of hydrogen-bond acceptors (Lipinski definition) is 4. The largest absolute Gasteiger partial charge is 0.339 e. The molecule has 1 N–H and O–H groups in total. The molecule has 17 heavy (non-hydrogen) atoms. The predicted molar refractivity (Wildman–Crippen MR) is 66.9 cm³/mol. The van der Waals surface area contributed by atoms with Gasteiger partial charge < -0.3 is 9.84 Å². The molecule has 4 heteroatoms. The van der Waals surface area contributed by atoms with E-state index in [4.69, 9.17) is 4.52 Å². The highest BCUT2D eigenvalue weighted by molar-refractivity contribution is 5.05. The minimum atomic E-state index is 0.0639. The first-order valence-electron chi connectivity index (χ1n) is 6.43. The third kappa shape index (κ3) is 3.06. The lowest BCUT2D eigenvalue weighted by Crippen LogP contribution is -2.37. The zero-order chi connectivity index (χ0) is 12.5. The molecule has 0 bridgehead atoms. The van der Waals surface area contributed by atoms with Crippen molar-refractivity contribution < 1.29 is 4.52 Å². The Morgan fingerprint density at radius 1 is 1.29 bits per heavy atom. The molecule has 1 aromatic heterocycles. The molecule has 0 spiro atoms. The van der Waals surface area contributed by atoms with Crippen molar-refractivity contribution in [3.63, 3.8) is 0 Å². The number of nitrogens with one attached hydrogen (secondary N) is 1. The Morgan fingerprint density at radius 3 is 2.53 bits per heavy atom. The summed E-state index contributed by atoms with van der Waals surface area (Å²) in [5.74, 6) is 1.66. The summed E-state index contributed by atoms with van der Waals surface area (Å²) in [5.41, 5.74) is 0.268. The highest BCUT2D eigenvalue weighted by Crippen LogP contribution is 2.32. The van der Waals surface area contributed by atoms with E-state index in [1.165, 1.54) is 0 Å². The molecular formula is C13H23N3O. The van der Waals surface area contributed by atoms with Crippen molar-refractivity contribution in [3.8, 4) is 0 Å². The maximum absolute atomic E-state index is 5.46. The highest BCUT2D eigenvalue weighted by Gasteiger charge is 2.34. The Hall–Kier alpha value is -0.900. The Bertz CT molecular complexity index is 372. The van der Waals surface area contributed by atoms with Crippen LogP contribution in [0, 0.1) is 5.41 Å². The molecule has 0 saturated carbocycles. The molecule has 1 saturated heterocycles. The number of hydrogen-bond donors (Lipinski definition) is 1. The molecule has 1 aliphatic heterocycles. The molecule has 0 aromatic carbocycles. The van der Waals surface area contributed by atoms with Crippen LogP contribution in [0.3, 0.4) is 0 Å². The van der Waals surface area contributed by atoms with Gasteiger partial charge in [-0.05, 0) is 31.3 Å². The molecule has 1 aliphatic rings. The predicted octanol–water partition coefficient (Wildman–Crippen LogP) is 2.30. The highest BCUT2D eigenvalue weighted by atomic mass is 16.5. The standard InChI is InChI=1S/C13H23N3O/c1-12(2,3)9-10-15-11(17-16-10)13(4)5-7-14-8-6-13/h14H,5-9H2,1-4H3. The smallest absolute Gasteiger partial charge is 0.232 e. The van der Waals surface area contributed by atoms with Gasteiger partial charge in [0, 0.05) is 11.8 Å². The number of aromatic nitrogens is 2. The molecule has 2 rings (SSSR count). The van der Waals surface area contributed by atoms with Crippen LogP contribution in [0.25, 0.3) is 0 Å². The van der Waals surface area contributed by atoms with Gasteiger partial charge in [-0.25, -0.2) is 0 Å². The van der Waals surface area contributed by atoms with E-state index < -0.39 is 0 Å². The summed E-state index contributed by atoms with van der Waals surface area (Å²) in [6.07, 6.45) is 3.01. The lowest BCUT2D eigenvalue weighted by atomic mass is 9.81. The Kier molecular flexibility index (Phi) is 3.25. The van der Waals surface area contributed by atoms with Crippen LogP contribution in [0.15, 0.2) is 4.52 Å². The topological polar surface area (TPSA) is 51.0 Å². The fourth-order valence-electron chi connectivity index (χ4n) is 2.24. The molecule has 0 atom stereocenters. The van der Waals surface area contributed by atoms with Gasteiger partial charge in [-0.1, -0.05) is 32.9 Å². The molecular weight excluding hydrogens is 214 g/mol. The van der Waals surface area contributed by atoms with Crippen LogP contribution in [-0.4, -0.2) is 23.2 Å². The second-order valence-corrected chi connectivity index (χ2v) is 6.56. The van der Waals surface area contributed by atoms with Crippen molar-refractivity contribution in [2.45, 2.75) is 52.4 Å². The van der Waals surface area contributed by atoms with Crippen molar-refractivity contribution in [2.75, 3.05) is 13.1 Å². The molecule has 0 amide bonds. The van der Waals surface area contributed by atoms with Gasteiger partial charge in [-0.2, -0.15) is 4.98 Å². The first-order valence-corrected chi connectivity index (χ1v) is 6.43. The van der Waals surface area contributed by atoms with E-state index >= 15 is 0 Å². The summed E-state index contributed by atoms with van der Waals surface area (Å²) in [4.78, 5) is 4.59. The third-order valence-electron chi connectivity index (χ3n) is 3.38. The lowest BCUT2D eigenvalue weighted by Gasteiger charge is -2.30. The van der Waals surface area contributed by atoms with E-state index in [0.29, 0.717) is 0 Å². The monoisotopic (exact) mass is 237 g/mol. The van der Waals surface area contributed by atoms with Gasteiger partial charge >= 0.3 is 0 Å². The molecule has 2 heterocycles. The number of piperidine rings is 1. The van der Waals surface area contributed by atoms with Crippen LogP contribution >= 0.6 is 0 Å². The van der Waals surface area contributed by atoms with Crippen LogP contribution in [-0.2, 0) is 11.8 Å². The Morgan fingerprint density at radius 2 is 1.94 bits per heavy atom. The summed E-state index contributed by atoms with van der Waals surface area (Å²) < 4.78 is 5.46. The zero-order valence-corrected chi connectivity index (χ0v) is 11.3. The van der Waals surface area contributed by atoms with Gasteiger partial charge in [-0.15, -0.1) is 0 Å². The second-order valence-electron chi connectivity index (χ2n) is 6.56. The normalized spacial score (nSPS) is 20.5. The number of nitrogens with zero attached hydrogens (tertiary/aromatic N) is 2. The van der Waals surface area contributed by atoms with Crippen LogP contribution in [0.4, 0.5) is 0 Å². The fraction of sp³-hybridized carbons (Fsp3) is 0.846. The minimum Gasteiger partial charge on any atom is -0.339 e. The van der Waals surface area contributed by atoms with Crippen LogP contribution in [0.5, 0.6) is 0 Å². The average molecular weight is 237 g/mol. The van der Waals surface area contributed by atoms with Gasteiger partial charge in [0.15, 0.2) is 5.82 Å². The summed E-state index contributed by atoms with van der Waals surface area (Å²) in [6.45, 7) is 10.9. The SMILES string of the molecule is CC(C)(C)Cc1noc(C2(C)CCNCC2)n1. The zero-order valence-electron chi connectivity index (χ0n) is 11.3. The summed E-state index contributed by atoms with van der Waals surface area (Å²) in [5, 5.41) is 7.48. The van der Waals surface area contributed by atoms with E-state index in [-0.39, 0.29) is 10.8 Å². The summed E-state index contributed by atoms with van der Waals surface area (Å²) in [6, 6.07) is 0. The molecule has 0 unspecified atom stereocenters. The van der Waals surface area contributed by atoms with E-state index in [9.17, 15) is 0 Å². The average Bonchev–Trinajstić information content (AvgIpc) is 2.65. The van der Waals surface area contributed by atoms with Crippen molar-refractivity contribution in [1.82, 2.24) is 15.5 Å². The molecule has 1 fully saturated rings. The molecule has 1 aromatic rings. The second kappa shape index (κ2) is 4.41. The van der Waals surface area contributed by atoms with Crippen molar-refractivity contribution in [1.29, 1.82) is 0 Å². The van der Waals surface area contributed by atoms with Gasteiger partial charge in [0.2, 0.25) is 5.89 Å². The maximum Gasteiger partial charge on any atom is 0.232 e. The maximum atomic E-state index is 5.46. The third-order valence-corrected chi connectivity index (χ3v) is 3.38. The molecule has 0 aliphatic carbocycles. The summed E-state index contributed by atoms with van der Waals surface area (Å²) >= 11 is 0. The van der Waals surface area contributed by atoms with Crippen molar-refractivity contribution >= 4 is 0 Å².